The molecule has 0 aliphatic carbocycles. The van der Waals surface area contributed by atoms with Gasteiger partial charge in [0.25, 0.3) is 5.56 Å². The van der Waals surface area contributed by atoms with Gasteiger partial charge in [-0.3, -0.25) is 14.2 Å². The van der Waals surface area contributed by atoms with Gasteiger partial charge in [0.05, 0.1) is 24.9 Å². The molecule has 1 N–H and O–H groups in total. The zero-order valence-corrected chi connectivity index (χ0v) is 17.1. The van der Waals surface area contributed by atoms with Crippen LogP contribution in [-0.4, -0.2) is 24.7 Å². The topological polar surface area (TPSA) is 104 Å². The number of rotatable bonds is 6. The van der Waals surface area contributed by atoms with E-state index in [1.54, 1.807) is 23.6 Å². The molecule has 0 aliphatic heterocycles. The largest absolute Gasteiger partial charge is 0.467 e. The Bertz CT molecular complexity index is 1450. The summed E-state index contributed by atoms with van der Waals surface area (Å²) in [7, 11) is 0. The average Bonchev–Trinajstić information content (AvgIpc) is 3.51. The third kappa shape index (κ3) is 3.17. The fourth-order valence-electron chi connectivity index (χ4n) is 3.23. The number of hydrogen-bond acceptors (Lipinski definition) is 7. The highest BCUT2D eigenvalue weighted by atomic mass is 32.1. The van der Waals surface area contributed by atoms with Gasteiger partial charge in [-0.1, -0.05) is 6.07 Å². The molecule has 0 saturated carbocycles. The molecule has 9 nitrogen and oxygen atoms in total. The smallest absolute Gasteiger partial charge is 0.352 e. The molecule has 0 fully saturated rings. The molecule has 5 aromatic heterocycles. The predicted octanol–water partition coefficient (Wildman–Crippen LogP) is 1.89. The maximum absolute atomic E-state index is 13.0. The summed E-state index contributed by atoms with van der Waals surface area (Å²) < 4.78 is 9.60. The summed E-state index contributed by atoms with van der Waals surface area (Å²) in [6, 6.07) is 9.01. The van der Waals surface area contributed by atoms with Crippen molar-refractivity contribution in [3.05, 3.63) is 78.8 Å². The van der Waals surface area contributed by atoms with Gasteiger partial charge in [0.2, 0.25) is 11.7 Å². The molecule has 0 saturated heterocycles. The fraction of sp³-hybridized carbons (Fsp3) is 0.158. The lowest BCUT2D eigenvalue weighted by Crippen LogP contribution is -2.32. The monoisotopic (exact) mass is 441 g/mol. The molecule has 5 heterocycles. The summed E-state index contributed by atoms with van der Waals surface area (Å²) in [6.07, 6.45) is 1.52. The first-order valence-corrected chi connectivity index (χ1v) is 10.8. The van der Waals surface area contributed by atoms with E-state index in [0.29, 0.717) is 22.5 Å². The summed E-state index contributed by atoms with van der Waals surface area (Å²) in [5, 5.41) is 10.7. The number of hydrogen-bond donors (Lipinski definition) is 1. The number of carbonyl (C=O) groups is 1. The minimum Gasteiger partial charge on any atom is -0.467 e. The minimum atomic E-state index is -0.471. The van der Waals surface area contributed by atoms with E-state index in [1.165, 1.54) is 37.9 Å². The quantitative estimate of drug-likeness (QED) is 0.433. The van der Waals surface area contributed by atoms with E-state index in [0.717, 1.165) is 9.56 Å². The number of amides is 1. The van der Waals surface area contributed by atoms with Crippen LogP contribution in [0.25, 0.3) is 16.0 Å². The van der Waals surface area contributed by atoms with Crippen molar-refractivity contribution in [2.75, 3.05) is 0 Å². The lowest BCUT2D eigenvalue weighted by atomic mass is 10.4. The number of furan rings is 1. The van der Waals surface area contributed by atoms with E-state index in [2.05, 4.69) is 10.4 Å². The highest BCUT2D eigenvalue weighted by Gasteiger charge is 2.19. The molecule has 11 heteroatoms. The van der Waals surface area contributed by atoms with Crippen LogP contribution >= 0.6 is 22.7 Å². The van der Waals surface area contributed by atoms with E-state index >= 15 is 0 Å². The van der Waals surface area contributed by atoms with Gasteiger partial charge in [-0.15, -0.1) is 27.8 Å². The summed E-state index contributed by atoms with van der Waals surface area (Å²) in [6.45, 7) is 0.251. The van der Waals surface area contributed by atoms with Crippen LogP contribution in [0, 0.1) is 0 Å². The van der Waals surface area contributed by atoms with Crippen molar-refractivity contribution in [1.29, 1.82) is 0 Å². The minimum absolute atomic E-state index is 0.208. The van der Waals surface area contributed by atoms with E-state index in [-0.39, 0.29) is 30.3 Å². The molecule has 1 amide bonds. The van der Waals surface area contributed by atoms with Crippen molar-refractivity contribution in [1.82, 2.24) is 24.1 Å². The van der Waals surface area contributed by atoms with Crippen LogP contribution in [0.4, 0.5) is 0 Å². The van der Waals surface area contributed by atoms with Gasteiger partial charge >= 0.3 is 5.69 Å². The molecule has 5 rings (SSSR count). The second kappa shape index (κ2) is 7.43. The molecule has 0 unspecified atom stereocenters. The molecule has 0 aromatic carbocycles. The molecule has 5 aromatic rings. The third-order valence-corrected chi connectivity index (χ3v) is 6.37. The lowest BCUT2D eigenvalue weighted by molar-refractivity contribution is -0.122. The molecule has 0 aliphatic rings. The van der Waals surface area contributed by atoms with Crippen LogP contribution in [0.3, 0.4) is 0 Å². The Morgan fingerprint density at radius 1 is 1.13 bits per heavy atom. The normalized spacial score (nSPS) is 11.5. The number of aromatic nitrogens is 4. The van der Waals surface area contributed by atoms with Gasteiger partial charge in [-0.2, -0.15) is 0 Å². The average molecular weight is 441 g/mol. The fourth-order valence-corrected chi connectivity index (χ4v) is 4.75. The summed E-state index contributed by atoms with van der Waals surface area (Å²) in [5.74, 6) is 0.434. The first-order chi connectivity index (χ1) is 14.6. The SMILES string of the molecule is O=C(Cn1nc2n(Cc3cccs3)c(=O)c3sccc3n2c1=O)NCc1ccco1. The van der Waals surface area contributed by atoms with Crippen molar-refractivity contribution in [2.24, 2.45) is 0 Å². The van der Waals surface area contributed by atoms with Crippen LogP contribution in [0.2, 0.25) is 0 Å². The van der Waals surface area contributed by atoms with Crippen molar-refractivity contribution >= 4 is 44.6 Å². The van der Waals surface area contributed by atoms with Crippen LogP contribution in [0.5, 0.6) is 0 Å². The van der Waals surface area contributed by atoms with E-state index < -0.39 is 5.69 Å². The molecule has 0 radical (unpaired) electrons. The van der Waals surface area contributed by atoms with Gasteiger partial charge < -0.3 is 9.73 Å². The van der Waals surface area contributed by atoms with E-state index in [1.807, 2.05) is 17.5 Å². The Labute approximate surface area is 176 Å². The second-order valence-electron chi connectivity index (χ2n) is 6.54. The molecule has 152 valence electrons. The van der Waals surface area contributed by atoms with Crippen molar-refractivity contribution < 1.29 is 9.21 Å². The lowest BCUT2D eigenvalue weighted by Gasteiger charge is -2.06. The van der Waals surface area contributed by atoms with Gasteiger partial charge in [-0.05, 0) is 35.0 Å². The Morgan fingerprint density at radius 2 is 2.03 bits per heavy atom. The van der Waals surface area contributed by atoms with Gasteiger partial charge in [0.15, 0.2) is 0 Å². The zero-order chi connectivity index (χ0) is 20.7. The van der Waals surface area contributed by atoms with Crippen LogP contribution < -0.4 is 16.6 Å². The Hall–Kier alpha value is -3.44. The zero-order valence-electron chi connectivity index (χ0n) is 15.5. The van der Waals surface area contributed by atoms with Gasteiger partial charge in [0, 0.05) is 4.88 Å². The number of thiophene rings is 2. The summed E-state index contributed by atoms with van der Waals surface area (Å²) in [4.78, 5) is 39.4. The maximum atomic E-state index is 13.0. The molecule has 0 atom stereocenters. The predicted molar refractivity (Wildman–Crippen MR) is 113 cm³/mol. The number of fused-ring (bicyclic) bond motifs is 3. The number of nitrogens with zero attached hydrogens (tertiary/aromatic N) is 4. The van der Waals surface area contributed by atoms with Gasteiger partial charge in [-0.25, -0.2) is 13.9 Å². The van der Waals surface area contributed by atoms with E-state index in [9.17, 15) is 14.4 Å². The van der Waals surface area contributed by atoms with Crippen LogP contribution in [0.1, 0.15) is 10.6 Å². The first kappa shape index (κ1) is 18.6. The first-order valence-electron chi connectivity index (χ1n) is 9.03. The standard InChI is InChI=1S/C19H15N5O4S2/c25-15(20-9-12-3-1-6-28-12)11-23-19(27)24-14-5-8-30-16(14)17(26)22(18(24)21-23)10-13-4-2-7-29-13/h1-8H,9-11H2,(H,20,25). The summed E-state index contributed by atoms with van der Waals surface area (Å²) >= 11 is 2.80. The van der Waals surface area contributed by atoms with Crippen LogP contribution in [-0.2, 0) is 24.4 Å². The molecule has 0 bridgehead atoms. The highest BCUT2D eigenvalue weighted by molar-refractivity contribution is 7.17. The molecule has 0 spiro atoms. The Kier molecular flexibility index (Phi) is 4.60. The Balaban J connectivity index is 1.55. The van der Waals surface area contributed by atoms with Crippen molar-refractivity contribution in [3.8, 4) is 0 Å². The highest BCUT2D eigenvalue weighted by Crippen LogP contribution is 2.18. The van der Waals surface area contributed by atoms with E-state index in [4.69, 9.17) is 4.42 Å². The second-order valence-corrected chi connectivity index (χ2v) is 8.49. The number of nitrogens with one attached hydrogen (secondary N) is 1. The van der Waals surface area contributed by atoms with Gasteiger partial charge in [0.1, 0.15) is 17.0 Å². The van der Waals surface area contributed by atoms with Crippen LogP contribution in [0.15, 0.2) is 61.4 Å². The molecule has 30 heavy (non-hydrogen) atoms. The maximum Gasteiger partial charge on any atom is 0.352 e. The summed E-state index contributed by atoms with van der Waals surface area (Å²) in [5.41, 5.74) is -0.184. The number of carbonyl (C=O) groups excluding carboxylic acids is 1. The van der Waals surface area contributed by atoms with Crippen molar-refractivity contribution in [2.45, 2.75) is 19.6 Å². The Morgan fingerprint density at radius 3 is 2.80 bits per heavy atom. The third-order valence-electron chi connectivity index (χ3n) is 4.62. The van der Waals surface area contributed by atoms with Crippen molar-refractivity contribution in [3.63, 3.8) is 0 Å². The molecular formula is C19H15N5O4S2. The molecular weight excluding hydrogens is 426 g/mol.